The van der Waals surface area contributed by atoms with Gasteiger partial charge in [0, 0.05) is 5.69 Å². The van der Waals surface area contributed by atoms with Gasteiger partial charge in [-0.05, 0) is 23.8 Å². The van der Waals surface area contributed by atoms with Crippen LogP contribution in [0.3, 0.4) is 0 Å². The Hall–Kier alpha value is -2.34. The van der Waals surface area contributed by atoms with Crippen molar-refractivity contribution in [3.8, 4) is 5.75 Å². The van der Waals surface area contributed by atoms with Gasteiger partial charge in [0.1, 0.15) is 5.75 Å². The van der Waals surface area contributed by atoms with E-state index in [0.29, 0.717) is 5.69 Å². The minimum Gasteiger partial charge on any atom is -0.381 e. The lowest BCUT2D eigenvalue weighted by Crippen LogP contribution is -2.34. The Morgan fingerprint density at radius 2 is 1.67 bits per heavy atom. The molecule has 0 bridgehead atoms. The van der Waals surface area contributed by atoms with Crippen LogP contribution in [-0.4, -0.2) is 20.2 Å². The zero-order valence-electron chi connectivity index (χ0n) is 11.1. The van der Waals surface area contributed by atoms with E-state index in [2.05, 4.69) is 0 Å². The highest BCUT2D eigenvalue weighted by molar-refractivity contribution is 7.87. The van der Waals surface area contributed by atoms with E-state index in [0.717, 1.165) is 5.56 Å². The highest BCUT2D eigenvalue weighted by atomic mass is 32.2. The summed E-state index contributed by atoms with van der Waals surface area (Å²) in [7, 11) is -3.89. The molecule has 1 amide bonds. The number of fused-ring (bicyclic) bond motifs is 1. The van der Waals surface area contributed by atoms with Crippen molar-refractivity contribution in [2.24, 2.45) is 0 Å². The lowest BCUT2D eigenvalue weighted by atomic mass is 10.2. The molecule has 6 heteroatoms. The summed E-state index contributed by atoms with van der Waals surface area (Å²) in [5, 5.41) is 0. The molecule has 5 nitrogen and oxygen atoms in total. The van der Waals surface area contributed by atoms with Crippen molar-refractivity contribution in [2.75, 3.05) is 10.8 Å². The fourth-order valence-electron chi connectivity index (χ4n) is 2.26. The maximum atomic E-state index is 12.1. The van der Waals surface area contributed by atoms with E-state index >= 15 is 0 Å². The third kappa shape index (κ3) is 2.90. The van der Waals surface area contributed by atoms with E-state index in [9.17, 15) is 13.2 Å². The molecule has 3 rings (SSSR count). The summed E-state index contributed by atoms with van der Waals surface area (Å²) in [6, 6.07) is 15.4. The number of para-hydroxylation sites is 2. The summed E-state index contributed by atoms with van der Waals surface area (Å²) in [6.07, 6.45) is 0.219. The zero-order chi connectivity index (χ0) is 14.9. The van der Waals surface area contributed by atoms with Crippen LogP contribution in [0.15, 0.2) is 54.6 Å². The van der Waals surface area contributed by atoms with Crippen LogP contribution in [0.4, 0.5) is 5.69 Å². The minimum absolute atomic E-state index is 0.219. The van der Waals surface area contributed by atoms with E-state index in [1.807, 2.05) is 12.1 Å². The second kappa shape index (κ2) is 5.21. The number of anilines is 1. The number of nitrogens with zero attached hydrogens (tertiary/aromatic N) is 1. The van der Waals surface area contributed by atoms with Crippen LogP contribution >= 0.6 is 0 Å². The fourth-order valence-corrected chi connectivity index (χ4v) is 3.32. The van der Waals surface area contributed by atoms with E-state index in [1.54, 1.807) is 42.5 Å². The van der Waals surface area contributed by atoms with Gasteiger partial charge in [0.2, 0.25) is 5.91 Å². The van der Waals surface area contributed by atoms with E-state index in [4.69, 9.17) is 4.18 Å². The molecule has 0 aliphatic carbocycles. The van der Waals surface area contributed by atoms with E-state index < -0.39 is 16.0 Å². The number of carbonyl (C=O) groups excluding carboxylic acids is 1. The second-order valence-corrected chi connectivity index (χ2v) is 6.25. The molecule has 0 spiro atoms. The molecular formula is C15H13NO4S. The molecule has 0 atom stereocenters. The third-order valence-corrected chi connectivity index (χ3v) is 4.20. The van der Waals surface area contributed by atoms with Crippen molar-refractivity contribution in [1.82, 2.24) is 0 Å². The van der Waals surface area contributed by atoms with Crippen LogP contribution in [0.25, 0.3) is 0 Å². The summed E-state index contributed by atoms with van der Waals surface area (Å²) in [5.41, 5.74) is 1.46. The first-order chi connectivity index (χ1) is 10.1. The molecule has 0 radical (unpaired) electrons. The Morgan fingerprint density at radius 3 is 2.43 bits per heavy atom. The maximum Gasteiger partial charge on any atom is 0.328 e. The summed E-state index contributed by atoms with van der Waals surface area (Å²) in [6.45, 7) is 0. The van der Waals surface area contributed by atoms with Crippen molar-refractivity contribution >= 4 is 21.7 Å². The Bertz CT molecular complexity index is 771. The Balaban J connectivity index is 1.81. The second-order valence-electron chi connectivity index (χ2n) is 4.71. The van der Waals surface area contributed by atoms with Gasteiger partial charge in [-0.25, -0.2) is 0 Å². The van der Waals surface area contributed by atoms with Crippen LogP contribution in [-0.2, 0) is 21.3 Å². The van der Waals surface area contributed by atoms with Crippen LogP contribution < -0.4 is 9.08 Å². The zero-order valence-corrected chi connectivity index (χ0v) is 11.9. The molecule has 21 heavy (non-hydrogen) atoms. The van der Waals surface area contributed by atoms with Gasteiger partial charge < -0.3 is 4.18 Å². The number of amides is 1. The standard InChI is InChI=1S/C15H13NO4S/c17-15-10-12-6-4-5-9-14(12)16(15)11-21(18,19)20-13-7-2-1-3-8-13/h1-9H,10-11H2. The smallest absolute Gasteiger partial charge is 0.328 e. The monoisotopic (exact) mass is 303 g/mol. The SMILES string of the molecule is O=C1Cc2ccccc2N1CS(=O)(=O)Oc1ccccc1. The minimum atomic E-state index is -3.89. The molecule has 1 aliphatic rings. The molecule has 0 saturated heterocycles. The van der Waals surface area contributed by atoms with Crippen molar-refractivity contribution in [3.05, 3.63) is 60.2 Å². The molecule has 0 saturated carbocycles. The van der Waals surface area contributed by atoms with Crippen molar-refractivity contribution < 1.29 is 17.4 Å². The predicted octanol–water partition coefficient (Wildman–Crippen LogP) is 1.94. The number of hydrogen-bond donors (Lipinski definition) is 0. The van der Waals surface area contributed by atoms with E-state index in [1.165, 1.54) is 4.90 Å². The average Bonchev–Trinajstić information content (AvgIpc) is 2.75. The molecule has 0 aromatic heterocycles. The number of benzene rings is 2. The molecule has 108 valence electrons. The lowest BCUT2D eigenvalue weighted by molar-refractivity contribution is -0.117. The molecule has 0 unspecified atom stereocenters. The molecule has 2 aromatic carbocycles. The normalized spacial score (nSPS) is 14.1. The largest absolute Gasteiger partial charge is 0.381 e. The van der Waals surface area contributed by atoms with Gasteiger partial charge >= 0.3 is 10.1 Å². The predicted molar refractivity (Wildman–Crippen MR) is 78.5 cm³/mol. The summed E-state index contributed by atoms with van der Waals surface area (Å²) in [4.78, 5) is 13.2. The van der Waals surface area contributed by atoms with Gasteiger partial charge in [-0.3, -0.25) is 9.69 Å². The summed E-state index contributed by atoms with van der Waals surface area (Å²) < 4.78 is 29.2. The van der Waals surface area contributed by atoms with Crippen LogP contribution in [0.1, 0.15) is 5.56 Å². The fraction of sp³-hybridized carbons (Fsp3) is 0.133. The Kier molecular flexibility index (Phi) is 3.39. The van der Waals surface area contributed by atoms with Gasteiger partial charge in [-0.15, -0.1) is 0 Å². The van der Waals surface area contributed by atoms with Gasteiger partial charge in [-0.2, -0.15) is 8.42 Å². The molecule has 2 aromatic rings. The molecule has 0 N–H and O–H groups in total. The first kappa shape index (κ1) is 13.6. The molecule has 0 fully saturated rings. The highest BCUT2D eigenvalue weighted by Gasteiger charge is 2.31. The first-order valence-electron chi connectivity index (χ1n) is 6.41. The summed E-state index contributed by atoms with van der Waals surface area (Å²) in [5.74, 6) is -0.494. The maximum absolute atomic E-state index is 12.1. The topological polar surface area (TPSA) is 63.7 Å². The highest BCUT2D eigenvalue weighted by Crippen LogP contribution is 2.29. The van der Waals surface area contributed by atoms with Crippen LogP contribution in [0.5, 0.6) is 5.75 Å². The lowest BCUT2D eigenvalue weighted by Gasteiger charge is -2.17. The number of carbonyl (C=O) groups is 1. The van der Waals surface area contributed by atoms with Crippen LogP contribution in [0.2, 0.25) is 0 Å². The van der Waals surface area contributed by atoms with Gasteiger partial charge in [0.25, 0.3) is 0 Å². The molecule has 1 aliphatic heterocycles. The van der Waals surface area contributed by atoms with Gasteiger partial charge in [0.05, 0.1) is 6.42 Å². The van der Waals surface area contributed by atoms with Crippen LogP contribution in [0, 0.1) is 0 Å². The third-order valence-electron chi connectivity index (χ3n) is 3.18. The van der Waals surface area contributed by atoms with Gasteiger partial charge in [0.15, 0.2) is 5.88 Å². The Labute approximate surface area is 122 Å². The van der Waals surface area contributed by atoms with Crippen molar-refractivity contribution in [1.29, 1.82) is 0 Å². The Morgan fingerprint density at radius 1 is 1.00 bits per heavy atom. The molecular weight excluding hydrogens is 290 g/mol. The van der Waals surface area contributed by atoms with Gasteiger partial charge in [-0.1, -0.05) is 36.4 Å². The summed E-state index contributed by atoms with van der Waals surface area (Å²) >= 11 is 0. The number of rotatable bonds is 4. The first-order valence-corrected chi connectivity index (χ1v) is 7.98. The van der Waals surface area contributed by atoms with E-state index in [-0.39, 0.29) is 18.1 Å². The quantitative estimate of drug-likeness (QED) is 0.810. The molecule has 1 heterocycles. The van der Waals surface area contributed by atoms with Crippen molar-refractivity contribution in [3.63, 3.8) is 0 Å². The van der Waals surface area contributed by atoms with Crippen molar-refractivity contribution in [2.45, 2.75) is 6.42 Å². The average molecular weight is 303 g/mol. The number of hydrogen-bond acceptors (Lipinski definition) is 4.